The SMILES string of the molecule is CCCCCCN(C)C1CCC1. The Bertz CT molecular complexity index is 108. The Balaban J connectivity index is 1.91. The fourth-order valence-electron chi connectivity index (χ4n) is 1.80. The predicted octanol–water partition coefficient (Wildman–Crippen LogP) is 3.05. The summed E-state index contributed by atoms with van der Waals surface area (Å²) in [5.74, 6) is 0. The van der Waals surface area contributed by atoms with Crippen molar-refractivity contribution in [2.75, 3.05) is 13.6 Å². The van der Waals surface area contributed by atoms with Crippen molar-refractivity contribution in [3.05, 3.63) is 0 Å². The molecule has 0 N–H and O–H groups in total. The molecule has 0 aliphatic heterocycles. The Labute approximate surface area is 77.1 Å². The average molecular weight is 169 g/mol. The normalized spacial score (nSPS) is 18.2. The summed E-state index contributed by atoms with van der Waals surface area (Å²) in [5.41, 5.74) is 0. The monoisotopic (exact) mass is 169 g/mol. The summed E-state index contributed by atoms with van der Waals surface area (Å²) in [6, 6.07) is 0.937. The zero-order valence-corrected chi connectivity index (χ0v) is 8.68. The third-order valence-corrected chi connectivity index (χ3v) is 3.06. The van der Waals surface area contributed by atoms with E-state index in [-0.39, 0.29) is 0 Å². The van der Waals surface area contributed by atoms with E-state index in [9.17, 15) is 0 Å². The Morgan fingerprint density at radius 1 is 1.17 bits per heavy atom. The molecule has 0 aromatic rings. The molecule has 0 bridgehead atoms. The number of hydrogen-bond acceptors (Lipinski definition) is 1. The van der Waals surface area contributed by atoms with Crippen LogP contribution < -0.4 is 0 Å². The van der Waals surface area contributed by atoms with Gasteiger partial charge in [0, 0.05) is 6.04 Å². The molecular weight excluding hydrogens is 146 g/mol. The number of hydrogen-bond donors (Lipinski definition) is 0. The highest BCUT2D eigenvalue weighted by Gasteiger charge is 2.20. The molecule has 1 nitrogen and oxygen atoms in total. The van der Waals surface area contributed by atoms with Gasteiger partial charge in [-0.05, 0) is 32.9 Å². The first kappa shape index (κ1) is 10.0. The highest BCUT2D eigenvalue weighted by Crippen LogP contribution is 2.23. The van der Waals surface area contributed by atoms with Crippen LogP contribution in [0.25, 0.3) is 0 Å². The second kappa shape index (κ2) is 5.58. The second-order valence-corrected chi connectivity index (χ2v) is 4.13. The van der Waals surface area contributed by atoms with E-state index >= 15 is 0 Å². The minimum absolute atomic E-state index is 0.937. The van der Waals surface area contributed by atoms with Gasteiger partial charge in [0.1, 0.15) is 0 Å². The van der Waals surface area contributed by atoms with Gasteiger partial charge in [0.15, 0.2) is 0 Å². The van der Waals surface area contributed by atoms with E-state index in [0.29, 0.717) is 0 Å². The molecule has 0 atom stereocenters. The summed E-state index contributed by atoms with van der Waals surface area (Å²) in [6.45, 7) is 3.60. The third kappa shape index (κ3) is 3.14. The van der Waals surface area contributed by atoms with Crippen LogP contribution in [0.4, 0.5) is 0 Å². The van der Waals surface area contributed by atoms with E-state index in [0.717, 1.165) is 6.04 Å². The van der Waals surface area contributed by atoms with E-state index in [1.807, 2.05) is 0 Å². The molecule has 1 saturated carbocycles. The smallest absolute Gasteiger partial charge is 0.00922 e. The van der Waals surface area contributed by atoms with E-state index in [1.54, 1.807) is 0 Å². The fourth-order valence-corrected chi connectivity index (χ4v) is 1.80. The van der Waals surface area contributed by atoms with Crippen molar-refractivity contribution in [2.45, 2.75) is 57.9 Å². The molecule has 1 aliphatic carbocycles. The Morgan fingerprint density at radius 2 is 1.92 bits per heavy atom. The van der Waals surface area contributed by atoms with Gasteiger partial charge in [-0.2, -0.15) is 0 Å². The lowest BCUT2D eigenvalue weighted by molar-refractivity contribution is 0.157. The van der Waals surface area contributed by atoms with Crippen molar-refractivity contribution in [1.29, 1.82) is 0 Å². The Morgan fingerprint density at radius 3 is 2.42 bits per heavy atom. The van der Waals surface area contributed by atoms with Crippen LogP contribution in [0, 0.1) is 0 Å². The molecule has 12 heavy (non-hydrogen) atoms. The van der Waals surface area contributed by atoms with Gasteiger partial charge < -0.3 is 4.90 Å². The van der Waals surface area contributed by atoms with E-state index in [2.05, 4.69) is 18.9 Å². The largest absolute Gasteiger partial charge is 0.303 e. The third-order valence-electron chi connectivity index (χ3n) is 3.06. The van der Waals surface area contributed by atoms with Gasteiger partial charge in [-0.1, -0.05) is 32.6 Å². The minimum Gasteiger partial charge on any atom is -0.303 e. The molecule has 1 heteroatoms. The number of unbranched alkanes of at least 4 members (excludes halogenated alkanes) is 3. The zero-order chi connectivity index (χ0) is 8.81. The van der Waals surface area contributed by atoms with Gasteiger partial charge in [-0.25, -0.2) is 0 Å². The highest BCUT2D eigenvalue weighted by atomic mass is 15.1. The maximum absolute atomic E-state index is 2.55. The van der Waals surface area contributed by atoms with Gasteiger partial charge in [0.2, 0.25) is 0 Å². The molecule has 72 valence electrons. The van der Waals surface area contributed by atoms with Gasteiger partial charge in [0.25, 0.3) is 0 Å². The number of rotatable bonds is 6. The maximum atomic E-state index is 2.55. The van der Waals surface area contributed by atoms with Crippen molar-refractivity contribution < 1.29 is 0 Å². The molecule has 1 aliphatic rings. The zero-order valence-electron chi connectivity index (χ0n) is 8.68. The number of nitrogens with zero attached hydrogens (tertiary/aromatic N) is 1. The molecule has 0 unspecified atom stereocenters. The molecule has 0 spiro atoms. The van der Waals surface area contributed by atoms with Crippen LogP contribution in [0.15, 0.2) is 0 Å². The van der Waals surface area contributed by atoms with Crippen LogP contribution in [-0.4, -0.2) is 24.5 Å². The Kier molecular flexibility index (Phi) is 4.67. The van der Waals surface area contributed by atoms with E-state index in [4.69, 9.17) is 0 Å². The maximum Gasteiger partial charge on any atom is 0.00922 e. The van der Waals surface area contributed by atoms with Gasteiger partial charge >= 0.3 is 0 Å². The van der Waals surface area contributed by atoms with Crippen LogP contribution in [0.2, 0.25) is 0 Å². The first-order chi connectivity index (χ1) is 5.84. The summed E-state index contributed by atoms with van der Waals surface area (Å²) < 4.78 is 0. The average Bonchev–Trinajstić information content (AvgIpc) is 1.95. The molecule has 0 aromatic heterocycles. The lowest BCUT2D eigenvalue weighted by Crippen LogP contribution is -2.37. The molecule has 0 radical (unpaired) electrons. The van der Waals surface area contributed by atoms with E-state index < -0.39 is 0 Å². The lowest BCUT2D eigenvalue weighted by Gasteiger charge is -2.34. The Hall–Kier alpha value is -0.0400. The van der Waals surface area contributed by atoms with Crippen molar-refractivity contribution in [3.8, 4) is 0 Å². The fraction of sp³-hybridized carbons (Fsp3) is 1.00. The van der Waals surface area contributed by atoms with Crippen LogP contribution in [0.5, 0.6) is 0 Å². The lowest BCUT2D eigenvalue weighted by atomic mass is 9.92. The first-order valence-electron chi connectivity index (χ1n) is 5.55. The summed E-state index contributed by atoms with van der Waals surface area (Å²) in [4.78, 5) is 2.55. The minimum atomic E-state index is 0.937. The molecule has 1 fully saturated rings. The standard InChI is InChI=1S/C11H23N/c1-3-4-5-6-10-12(2)11-8-7-9-11/h11H,3-10H2,1-2H3. The molecule has 1 rings (SSSR count). The van der Waals surface area contributed by atoms with Gasteiger partial charge in [0.05, 0.1) is 0 Å². The van der Waals surface area contributed by atoms with Crippen LogP contribution in [0.1, 0.15) is 51.9 Å². The first-order valence-corrected chi connectivity index (χ1v) is 5.55. The second-order valence-electron chi connectivity index (χ2n) is 4.13. The van der Waals surface area contributed by atoms with Crippen LogP contribution >= 0.6 is 0 Å². The van der Waals surface area contributed by atoms with Gasteiger partial charge in [-0.15, -0.1) is 0 Å². The predicted molar refractivity (Wildman–Crippen MR) is 54.4 cm³/mol. The van der Waals surface area contributed by atoms with Crippen molar-refractivity contribution in [3.63, 3.8) is 0 Å². The molecule has 0 saturated heterocycles. The van der Waals surface area contributed by atoms with Crippen LogP contribution in [-0.2, 0) is 0 Å². The topological polar surface area (TPSA) is 3.24 Å². The van der Waals surface area contributed by atoms with E-state index in [1.165, 1.54) is 51.5 Å². The van der Waals surface area contributed by atoms with Gasteiger partial charge in [-0.3, -0.25) is 0 Å². The van der Waals surface area contributed by atoms with Crippen molar-refractivity contribution in [1.82, 2.24) is 4.90 Å². The summed E-state index contributed by atoms with van der Waals surface area (Å²) in [7, 11) is 2.29. The summed E-state index contributed by atoms with van der Waals surface area (Å²) >= 11 is 0. The molecular formula is C11H23N. The summed E-state index contributed by atoms with van der Waals surface area (Å²) in [6.07, 6.45) is 9.96. The highest BCUT2D eigenvalue weighted by molar-refractivity contribution is 4.77. The van der Waals surface area contributed by atoms with Crippen LogP contribution in [0.3, 0.4) is 0 Å². The van der Waals surface area contributed by atoms with Crippen molar-refractivity contribution >= 4 is 0 Å². The molecule has 0 heterocycles. The molecule has 0 aromatic carbocycles. The van der Waals surface area contributed by atoms with Crippen molar-refractivity contribution in [2.24, 2.45) is 0 Å². The molecule has 0 amide bonds. The quantitative estimate of drug-likeness (QED) is 0.552. The summed E-state index contributed by atoms with van der Waals surface area (Å²) in [5, 5.41) is 0.